The molecule has 4 rings (SSSR count). The molecule has 5 heteroatoms. The zero-order valence-electron chi connectivity index (χ0n) is 35.8. The molecule has 0 saturated heterocycles. The summed E-state index contributed by atoms with van der Waals surface area (Å²) in [6.07, 6.45) is 0. The van der Waals surface area contributed by atoms with Crippen molar-refractivity contribution in [2.75, 3.05) is 0 Å². The van der Waals surface area contributed by atoms with Crippen LogP contribution in [0.4, 0.5) is 0 Å². The van der Waals surface area contributed by atoms with Crippen LogP contribution in [0, 0.1) is 0 Å². The van der Waals surface area contributed by atoms with Gasteiger partial charge in [-0.2, -0.15) is 0 Å². The number of aromatic hydroxyl groups is 4. The van der Waals surface area contributed by atoms with Crippen molar-refractivity contribution in [2.24, 2.45) is 0 Å². The van der Waals surface area contributed by atoms with Crippen molar-refractivity contribution in [3.63, 3.8) is 0 Å². The average molecular weight is 804 g/mol. The summed E-state index contributed by atoms with van der Waals surface area (Å²) >= 11 is 0. The third-order valence-electron chi connectivity index (χ3n) is 9.37. The van der Waals surface area contributed by atoms with Gasteiger partial charge < -0.3 is 20.4 Å². The molecular formula is C48H72O4Zr. The molecule has 0 aliphatic rings. The van der Waals surface area contributed by atoms with Crippen molar-refractivity contribution >= 4 is 0 Å². The number of phenolic OH excluding ortho intramolecular Hbond substituents is 4. The molecule has 53 heavy (non-hydrogen) atoms. The van der Waals surface area contributed by atoms with Crippen LogP contribution in [0.5, 0.6) is 23.0 Å². The van der Waals surface area contributed by atoms with Crippen molar-refractivity contribution in [3.8, 4) is 23.0 Å². The summed E-state index contributed by atoms with van der Waals surface area (Å²) in [5.41, 5.74) is 8.38. The second-order valence-electron chi connectivity index (χ2n) is 16.4. The summed E-state index contributed by atoms with van der Waals surface area (Å²) in [5.74, 6) is 5.02. The second-order valence-corrected chi connectivity index (χ2v) is 16.4. The maximum absolute atomic E-state index is 9.93. The Morgan fingerprint density at radius 3 is 0.415 bits per heavy atom. The van der Waals surface area contributed by atoms with Gasteiger partial charge >= 0.3 is 0 Å². The van der Waals surface area contributed by atoms with Crippen LogP contribution in [-0.2, 0) is 26.2 Å². The molecule has 292 valence electrons. The van der Waals surface area contributed by atoms with E-state index >= 15 is 0 Å². The number of rotatable bonds is 8. The first-order valence-corrected chi connectivity index (χ1v) is 19.4. The maximum atomic E-state index is 9.93. The van der Waals surface area contributed by atoms with Crippen molar-refractivity contribution in [3.05, 3.63) is 117 Å². The minimum atomic E-state index is 0. The SMILES string of the molecule is CC(C)c1cccc(C(C)C)c1O.CC(C)c1cccc(C(C)C)c1O.CC(C)c1cccc(C(C)C)c1O.CC(C)c1cccc(C(C)C)c1O.[Zr]. The normalized spacial score (nSPS) is 11.0. The molecule has 0 radical (unpaired) electrons. The molecule has 0 aromatic heterocycles. The van der Waals surface area contributed by atoms with E-state index in [0.29, 0.717) is 70.3 Å². The van der Waals surface area contributed by atoms with Crippen molar-refractivity contribution in [1.29, 1.82) is 0 Å². The quantitative estimate of drug-likeness (QED) is 0.143. The standard InChI is InChI=1S/4C12H18O.Zr/c4*1-8(2)10-6-5-7-11(9(3)4)12(10)13;/h4*5-9,13H,1-4H3;. The topological polar surface area (TPSA) is 80.9 Å². The van der Waals surface area contributed by atoms with E-state index in [2.05, 4.69) is 111 Å². The summed E-state index contributed by atoms with van der Waals surface area (Å²) in [6, 6.07) is 24.0. The Morgan fingerprint density at radius 1 is 0.245 bits per heavy atom. The van der Waals surface area contributed by atoms with Crippen LogP contribution in [0.3, 0.4) is 0 Å². The number of hydrogen-bond donors (Lipinski definition) is 4. The molecule has 4 aromatic carbocycles. The molecule has 0 fully saturated rings. The first-order chi connectivity index (χ1) is 24.1. The van der Waals surface area contributed by atoms with Crippen LogP contribution in [0.2, 0.25) is 0 Å². The van der Waals surface area contributed by atoms with E-state index in [0.717, 1.165) is 44.5 Å². The van der Waals surface area contributed by atoms with Gasteiger partial charge in [0.15, 0.2) is 0 Å². The second kappa shape index (κ2) is 23.7. The fourth-order valence-corrected chi connectivity index (χ4v) is 6.05. The number of phenols is 4. The Kier molecular flexibility index (Phi) is 22.3. The van der Waals surface area contributed by atoms with Gasteiger partial charge in [-0.15, -0.1) is 0 Å². The van der Waals surface area contributed by atoms with Gasteiger partial charge in [0.2, 0.25) is 0 Å². The molecule has 0 aliphatic carbocycles. The van der Waals surface area contributed by atoms with Gasteiger partial charge in [0.25, 0.3) is 0 Å². The summed E-state index contributed by atoms with van der Waals surface area (Å²) < 4.78 is 0. The van der Waals surface area contributed by atoms with Gasteiger partial charge in [-0.1, -0.05) is 184 Å². The van der Waals surface area contributed by atoms with Crippen LogP contribution in [0.15, 0.2) is 72.8 Å². The van der Waals surface area contributed by atoms with Crippen molar-refractivity contribution in [1.82, 2.24) is 0 Å². The molecule has 0 spiro atoms. The molecule has 0 saturated carbocycles. The molecule has 0 atom stereocenters. The molecule has 0 unspecified atom stereocenters. The Bertz CT molecular complexity index is 1300. The predicted molar refractivity (Wildman–Crippen MR) is 225 cm³/mol. The number of hydrogen-bond acceptors (Lipinski definition) is 4. The predicted octanol–water partition coefficient (Wildman–Crippen LogP) is 14.6. The van der Waals surface area contributed by atoms with Crippen LogP contribution in [-0.4, -0.2) is 20.4 Å². The zero-order valence-corrected chi connectivity index (χ0v) is 38.3. The Hall–Kier alpha value is -3.04. The molecular weight excluding hydrogens is 732 g/mol. The van der Waals surface area contributed by atoms with Gasteiger partial charge in [0, 0.05) is 26.2 Å². The van der Waals surface area contributed by atoms with E-state index in [4.69, 9.17) is 0 Å². The average Bonchev–Trinajstić information content (AvgIpc) is 3.05. The van der Waals surface area contributed by atoms with Gasteiger partial charge in [0.05, 0.1) is 0 Å². The summed E-state index contributed by atoms with van der Waals surface area (Å²) in [7, 11) is 0. The van der Waals surface area contributed by atoms with Crippen LogP contribution < -0.4 is 0 Å². The largest absolute Gasteiger partial charge is 0.507 e. The Balaban J connectivity index is 0.000000676. The summed E-state index contributed by atoms with van der Waals surface area (Å²) in [5, 5.41) is 39.7. The first kappa shape index (κ1) is 50.0. The number of benzene rings is 4. The van der Waals surface area contributed by atoms with E-state index < -0.39 is 0 Å². The van der Waals surface area contributed by atoms with E-state index in [1.807, 2.05) is 72.8 Å². The molecule has 4 N–H and O–H groups in total. The van der Waals surface area contributed by atoms with Gasteiger partial charge in [-0.05, 0) is 91.9 Å². The third kappa shape index (κ3) is 15.0. The minimum Gasteiger partial charge on any atom is -0.507 e. The molecule has 0 heterocycles. The van der Waals surface area contributed by atoms with E-state index in [-0.39, 0.29) is 26.2 Å². The minimum absolute atomic E-state index is 0. The number of para-hydroxylation sites is 4. The molecule has 4 nitrogen and oxygen atoms in total. The fourth-order valence-electron chi connectivity index (χ4n) is 6.05. The fraction of sp³-hybridized carbons (Fsp3) is 0.500. The van der Waals surface area contributed by atoms with Crippen LogP contribution in [0.25, 0.3) is 0 Å². The Labute approximate surface area is 343 Å². The molecule has 4 aromatic rings. The Morgan fingerprint density at radius 2 is 0.340 bits per heavy atom. The van der Waals surface area contributed by atoms with E-state index in [1.165, 1.54) is 0 Å². The van der Waals surface area contributed by atoms with Crippen LogP contribution >= 0.6 is 0 Å². The van der Waals surface area contributed by atoms with Gasteiger partial charge in [-0.3, -0.25) is 0 Å². The summed E-state index contributed by atoms with van der Waals surface area (Å²) in [4.78, 5) is 0. The zero-order chi connectivity index (χ0) is 40.0. The van der Waals surface area contributed by atoms with Crippen molar-refractivity contribution in [2.45, 2.75) is 158 Å². The van der Waals surface area contributed by atoms with E-state index in [1.54, 1.807) is 0 Å². The monoisotopic (exact) mass is 802 g/mol. The molecule has 0 bridgehead atoms. The van der Waals surface area contributed by atoms with E-state index in [9.17, 15) is 20.4 Å². The van der Waals surface area contributed by atoms with Crippen LogP contribution in [0.1, 0.15) is 203 Å². The molecule has 0 amide bonds. The summed E-state index contributed by atoms with van der Waals surface area (Å²) in [6.45, 7) is 33.5. The van der Waals surface area contributed by atoms with Gasteiger partial charge in [-0.25, -0.2) is 0 Å². The third-order valence-corrected chi connectivity index (χ3v) is 9.37. The first-order valence-electron chi connectivity index (χ1n) is 19.4. The van der Waals surface area contributed by atoms with Crippen molar-refractivity contribution < 1.29 is 46.6 Å². The van der Waals surface area contributed by atoms with Gasteiger partial charge in [0.1, 0.15) is 23.0 Å². The molecule has 0 aliphatic heterocycles. The maximum Gasteiger partial charge on any atom is 0.122 e. The smallest absolute Gasteiger partial charge is 0.122 e.